The number of aryl methyl sites for hydroxylation is 1. The zero-order valence-corrected chi connectivity index (χ0v) is 5.57. The average Bonchev–Trinajstić information content (AvgIpc) is 1.77. The van der Waals surface area contributed by atoms with Gasteiger partial charge in [-0.3, -0.25) is 0 Å². The number of hydrogen-bond acceptors (Lipinski definition) is 1. The minimum atomic E-state index is 1.01. The van der Waals surface area contributed by atoms with Gasteiger partial charge in [-0.1, -0.05) is 12.1 Å². The molecule has 0 aromatic heterocycles. The largest absolute Gasteiger partial charge is 0.143 e. The summed E-state index contributed by atoms with van der Waals surface area (Å²) >= 11 is 4.17. The average molecular weight is 123 g/mol. The molecule has 0 fully saturated rings. The normalized spacial score (nSPS) is 9.25. The Labute approximate surface area is 55.0 Å². The highest BCUT2D eigenvalue weighted by molar-refractivity contribution is 7.80. The van der Waals surface area contributed by atoms with Gasteiger partial charge in [0.25, 0.3) is 0 Å². The summed E-state index contributed by atoms with van der Waals surface area (Å²) < 4.78 is 0. The second-order valence-electron chi connectivity index (χ2n) is 1.68. The smallest absolute Gasteiger partial charge is 0.00754 e. The van der Waals surface area contributed by atoms with Crippen molar-refractivity contribution in [3.8, 4) is 0 Å². The molecule has 1 rings (SSSR count). The monoisotopic (exact) mass is 123 g/mol. The summed E-state index contributed by atoms with van der Waals surface area (Å²) in [5.41, 5.74) is 1.11. The maximum atomic E-state index is 4.17. The summed E-state index contributed by atoms with van der Waals surface area (Å²) in [6.07, 6.45) is 0. The third-order valence-corrected chi connectivity index (χ3v) is 1.52. The van der Waals surface area contributed by atoms with Crippen molar-refractivity contribution in [1.29, 1.82) is 0 Å². The molecule has 41 valence electrons. The maximum Gasteiger partial charge on any atom is 0.00754 e. The van der Waals surface area contributed by atoms with Gasteiger partial charge in [0.1, 0.15) is 0 Å². The number of thiol groups is 1. The lowest BCUT2D eigenvalue weighted by Gasteiger charge is -1.91. The Kier molecular flexibility index (Phi) is 1.59. The van der Waals surface area contributed by atoms with Gasteiger partial charge in [0, 0.05) is 4.90 Å². The zero-order chi connectivity index (χ0) is 5.98. The molecule has 0 saturated heterocycles. The van der Waals surface area contributed by atoms with Crippen LogP contribution in [0.15, 0.2) is 23.1 Å². The van der Waals surface area contributed by atoms with Gasteiger partial charge in [-0.25, -0.2) is 0 Å². The van der Waals surface area contributed by atoms with Crippen LogP contribution in [0.1, 0.15) is 5.56 Å². The van der Waals surface area contributed by atoms with Crippen LogP contribution >= 0.6 is 12.6 Å². The Morgan fingerprint density at radius 3 is 2.75 bits per heavy atom. The molecule has 0 aliphatic rings. The van der Waals surface area contributed by atoms with Gasteiger partial charge in [0.05, 0.1) is 0 Å². The summed E-state index contributed by atoms with van der Waals surface area (Å²) in [4.78, 5) is 1.01. The van der Waals surface area contributed by atoms with E-state index >= 15 is 0 Å². The van der Waals surface area contributed by atoms with Gasteiger partial charge < -0.3 is 0 Å². The first-order valence-corrected chi connectivity index (χ1v) is 2.91. The van der Waals surface area contributed by atoms with Crippen molar-refractivity contribution in [1.82, 2.24) is 0 Å². The molecular weight excluding hydrogens is 116 g/mol. The Morgan fingerprint density at radius 2 is 2.38 bits per heavy atom. The fourth-order valence-electron chi connectivity index (χ4n) is 0.511. The first-order chi connectivity index (χ1) is 3.80. The van der Waals surface area contributed by atoms with E-state index in [0.717, 1.165) is 10.5 Å². The van der Waals surface area contributed by atoms with Crippen molar-refractivity contribution in [3.05, 3.63) is 29.8 Å². The fraction of sp³-hybridized carbons (Fsp3) is 0.143. The predicted molar refractivity (Wildman–Crippen MR) is 37.3 cm³/mol. The van der Waals surface area contributed by atoms with Crippen LogP contribution in [-0.2, 0) is 0 Å². The summed E-state index contributed by atoms with van der Waals surface area (Å²) in [7, 11) is 0. The van der Waals surface area contributed by atoms with Crippen LogP contribution in [0, 0.1) is 13.0 Å². The highest BCUT2D eigenvalue weighted by Crippen LogP contribution is 2.08. The van der Waals surface area contributed by atoms with E-state index in [1.54, 1.807) is 0 Å². The van der Waals surface area contributed by atoms with Gasteiger partial charge in [-0.15, -0.1) is 12.6 Å². The molecule has 1 aromatic carbocycles. The van der Waals surface area contributed by atoms with E-state index in [4.69, 9.17) is 0 Å². The van der Waals surface area contributed by atoms with Crippen LogP contribution in [0.5, 0.6) is 0 Å². The van der Waals surface area contributed by atoms with E-state index < -0.39 is 0 Å². The van der Waals surface area contributed by atoms with Crippen molar-refractivity contribution < 1.29 is 0 Å². The van der Waals surface area contributed by atoms with Gasteiger partial charge in [-0.05, 0) is 24.6 Å². The molecule has 0 saturated carbocycles. The molecule has 0 aliphatic carbocycles. The molecule has 0 bridgehead atoms. The quantitative estimate of drug-likeness (QED) is 0.502. The molecule has 1 radical (unpaired) electrons. The van der Waals surface area contributed by atoms with Gasteiger partial charge >= 0.3 is 0 Å². The third-order valence-electron chi connectivity index (χ3n) is 1.03. The number of hydrogen-bond donors (Lipinski definition) is 1. The van der Waals surface area contributed by atoms with Gasteiger partial charge in [0.15, 0.2) is 0 Å². The maximum absolute atomic E-state index is 4.17. The second-order valence-corrected chi connectivity index (χ2v) is 2.16. The van der Waals surface area contributed by atoms with E-state index in [1.807, 2.05) is 25.1 Å². The van der Waals surface area contributed by atoms with Crippen molar-refractivity contribution in [2.75, 3.05) is 0 Å². The van der Waals surface area contributed by atoms with Crippen LogP contribution in [0.4, 0.5) is 0 Å². The molecule has 1 heteroatoms. The fourth-order valence-corrected chi connectivity index (χ4v) is 0.662. The summed E-state index contributed by atoms with van der Waals surface area (Å²) in [6, 6.07) is 8.79. The number of benzene rings is 1. The topological polar surface area (TPSA) is 0 Å². The molecule has 0 heterocycles. The van der Waals surface area contributed by atoms with Gasteiger partial charge in [-0.2, -0.15) is 0 Å². The Balaban J connectivity index is 3.13. The van der Waals surface area contributed by atoms with E-state index in [1.165, 1.54) is 0 Å². The summed E-state index contributed by atoms with van der Waals surface area (Å²) in [5, 5.41) is 0. The van der Waals surface area contributed by atoms with E-state index in [-0.39, 0.29) is 0 Å². The predicted octanol–water partition coefficient (Wildman–Crippen LogP) is 2.08. The molecule has 0 aliphatic heterocycles. The third kappa shape index (κ3) is 1.04. The highest BCUT2D eigenvalue weighted by Gasteiger charge is 1.85. The molecule has 0 amide bonds. The molecule has 8 heavy (non-hydrogen) atoms. The zero-order valence-electron chi connectivity index (χ0n) is 4.68. The summed E-state index contributed by atoms with van der Waals surface area (Å²) in [6.45, 7) is 1.99. The van der Waals surface area contributed by atoms with Crippen LogP contribution < -0.4 is 0 Å². The van der Waals surface area contributed by atoms with E-state index in [0.29, 0.717) is 0 Å². The standard InChI is InChI=1S/C7H7S/c1-6-4-2-3-5-7(6)8/h2-3,5,8H,1H3. The lowest BCUT2D eigenvalue weighted by atomic mass is 10.2. The van der Waals surface area contributed by atoms with Crippen LogP contribution in [0.2, 0.25) is 0 Å². The van der Waals surface area contributed by atoms with Crippen LogP contribution in [-0.4, -0.2) is 0 Å². The molecule has 0 atom stereocenters. The van der Waals surface area contributed by atoms with Crippen molar-refractivity contribution in [2.24, 2.45) is 0 Å². The van der Waals surface area contributed by atoms with Crippen LogP contribution in [0.25, 0.3) is 0 Å². The molecule has 0 N–H and O–H groups in total. The van der Waals surface area contributed by atoms with Crippen LogP contribution in [0.3, 0.4) is 0 Å². The Hall–Kier alpha value is -0.430. The minimum absolute atomic E-state index is 1.01. The first kappa shape index (κ1) is 5.70. The number of rotatable bonds is 0. The lowest BCUT2D eigenvalue weighted by molar-refractivity contribution is 1.30. The van der Waals surface area contributed by atoms with Crippen molar-refractivity contribution >= 4 is 12.6 Å². The second kappa shape index (κ2) is 2.23. The molecule has 1 aromatic rings. The Morgan fingerprint density at radius 1 is 1.62 bits per heavy atom. The molecule has 0 unspecified atom stereocenters. The first-order valence-electron chi connectivity index (χ1n) is 2.47. The minimum Gasteiger partial charge on any atom is -0.143 e. The highest BCUT2D eigenvalue weighted by atomic mass is 32.1. The lowest BCUT2D eigenvalue weighted by Crippen LogP contribution is -1.71. The Bertz CT molecular complexity index is 160. The SMILES string of the molecule is Cc1[c]cccc1S. The van der Waals surface area contributed by atoms with Crippen molar-refractivity contribution in [3.63, 3.8) is 0 Å². The van der Waals surface area contributed by atoms with E-state index in [2.05, 4.69) is 18.7 Å². The van der Waals surface area contributed by atoms with Crippen molar-refractivity contribution in [2.45, 2.75) is 11.8 Å². The molecule has 0 spiro atoms. The summed E-state index contributed by atoms with van der Waals surface area (Å²) in [5.74, 6) is 0. The van der Waals surface area contributed by atoms with Gasteiger partial charge in [0.2, 0.25) is 0 Å². The molecular formula is C7H7S. The molecule has 0 nitrogen and oxygen atoms in total. The van der Waals surface area contributed by atoms with E-state index in [9.17, 15) is 0 Å².